The molecule has 1 aromatic heterocycles. The Balaban J connectivity index is 2.52. The number of hydrogen-bond acceptors (Lipinski definition) is 3. The summed E-state index contributed by atoms with van der Waals surface area (Å²) in [7, 11) is 0. The van der Waals surface area contributed by atoms with E-state index >= 15 is 0 Å². The Morgan fingerprint density at radius 1 is 1.50 bits per heavy atom. The second-order valence-corrected chi connectivity index (χ2v) is 3.70. The number of rotatable bonds is 3. The Bertz CT molecular complexity index is 253. The number of nitrogens with zero attached hydrogens (tertiary/aromatic N) is 2. The third-order valence-corrected chi connectivity index (χ3v) is 1.61. The molecule has 0 aliphatic carbocycles. The van der Waals surface area contributed by atoms with Gasteiger partial charge in [0, 0.05) is 6.07 Å². The smallest absolute Gasteiger partial charge is 0.217 e. The van der Waals surface area contributed by atoms with Crippen LogP contribution in [0.5, 0.6) is 5.88 Å². The van der Waals surface area contributed by atoms with Crippen LogP contribution >= 0.6 is 15.9 Å². The number of aromatic nitrogens is 2. The molecule has 1 aromatic rings. The summed E-state index contributed by atoms with van der Waals surface area (Å²) in [6, 6.07) is 1.75. The summed E-state index contributed by atoms with van der Waals surface area (Å²) in [6.45, 7) is 4.87. The summed E-state index contributed by atoms with van der Waals surface area (Å²) in [5.74, 6) is 1.13. The normalized spacial score (nSPS) is 10.3. The summed E-state index contributed by atoms with van der Waals surface area (Å²) < 4.78 is 6.11. The number of hydrogen-bond donors (Lipinski definition) is 0. The van der Waals surface area contributed by atoms with Gasteiger partial charge in [0.15, 0.2) is 0 Å². The quantitative estimate of drug-likeness (QED) is 0.748. The van der Waals surface area contributed by atoms with Gasteiger partial charge in [-0.25, -0.2) is 9.97 Å². The Kier molecular flexibility index (Phi) is 3.47. The lowest BCUT2D eigenvalue weighted by atomic mass is 10.2. The van der Waals surface area contributed by atoms with Gasteiger partial charge in [0.1, 0.15) is 10.9 Å². The fourth-order valence-corrected chi connectivity index (χ4v) is 0.936. The largest absolute Gasteiger partial charge is 0.477 e. The Morgan fingerprint density at radius 2 is 2.25 bits per heavy atom. The van der Waals surface area contributed by atoms with Crippen LogP contribution in [0.1, 0.15) is 13.8 Å². The maximum Gasteiger partial charge on any atom is 0.217 e. The van der Waals surface area contributed by atoms with Crippen molar-refractivity contribution < 1.29 is 4.74 Å². The molecule has 0 N–H and O–H groups in total. The third kappa shape index (κ3) is 3.17. The molecule has 1 rings (SSSR count). The Hall–Kier alpha value is -0.640. The van der Waals surface area contributed by atoms with Crippen molar-refractivity contribution in [1.82, 2.24) is 9.97 Å². The van der Waals surface area contributed by atoms with Gasteiger partial charge in [0.2, 0.25) is 5.88 Å². The molecule has 0 spiro atoms. The topological polar surface area (TPSA) is 35.0 Å². The molecule has 66 valence electrons. The lowest BCUT2D eigenvalue weighted by Crippen LogP contribution is -2.05. The fourth-order valence-electron chi connectivity index (χ4n) is 0.648. The predicted octanol–water partition coefficient (Wildman–Crippen LogP) is 2.27. The van der Waals surface area contributed by atoms with Crippen LogP contribution in [0.25, 0.3) is 0 Å². The van der Waals surface area contributed by atoms with Crippen molar-refractivity contribution >= 4 is 15.9 Å². The first-order valence-electron chi connectivity index (χ1n) is 3.79. The van der Waals surface area contributed by atoms with E-state index in [-0.39, 0.29) is 0 Å². The molecule has 0 saturated carbocycles. The molecule has 0 atom stereocenters. The van der Waals surface area contributed by atoms with Crippen LogP contribution in [0, 0.1) is 5.92 Å². The lowest BCUT2D eigenvalue weighted by Gasteiger charge is -2.06. The van der Waals surface area contributed by atoms with E-state index in [1.165, 1.54) is 6.33 Å². The molecule has 0 bridgehead atoms. The molecular formula is C8H11BrN2O. The lowest BCUT2D eigenvalue weighted by molar-refractivity contribution is 0.260. The van der Waals surface area contributed by atoms with Gasteiger partial charge in [-0.3, -0.25) is 0 Å². The van der Waals surface area contributed by atoms with E-state index in [1.54, 1.807) is 6.07 Å². The van der Waals surface area contributed by atoms with Gasteiger partial charge in [-0.05, 0) is 21.8 Å². The predicted molar refractivity (Wildman–Crippen MR) is 50.1 cm³/mol. The summed E-state index contributed by atoms with van der Waals surface area (Å²) in [5, 5.41) is 0. The van der Waals surface area contributed by atoms with Crippen LogP contribution in [0.3, 0.4) is 0 Å². The van der Waals surface area contributed by atoms with Crippen molar-refractivity contribution in [2.75, 3.05) is 6.61 Å². The minimum absolute atomic E-state index is 0.513. The summed E-state index contributed by atoms with van der Waals surface area (Å²) >= 11 is 3.24. The van der Waals surface area contributed by atoms with Crippen LogP contribution in [0.2, 0.25) is 0 Å². The monoisotopic (exact) mass is 230 g/mol. The molecule has 0 fully saturated rings. The Morgan fingerprint density at radius 3 is 2.83 bits per heavy atom. The van der Waals surface area contributed by atoms with Crippen LogP contribution in [-0.2, 0) is 0 Å². The highest BCUT2D eigenvalue weighted by Gasteiger charge is 1.98. The molecule has 0 aliphatic heterocycles. The van der Waals surface area contributed by atoms with Gasteiger partial charge < -0.3 is 4.74 Å². The zero-order valence-electron chi connectivity index (χ0n) is 7.12. The van der Waals surface area contributed by atoms with Crippen LogP contribution in [0.15, 0.2) is 17.0 Å². The maximum absolute atomic E-state index is 5.37. The van der Waals surface area contributed by atoms with Crippen molar-refractivity contribution in [3.8, 4) is 5.88 Å². The first-order chi connectivity index (χ1) is 5.68. The van der Waals surface area contributed by atoms with Gasteiger partial charge in [0.05, 0.1) is 6.61 Å². The van der Waals surface area contributed by atoms with Gasteiger partial charge in [-0.1, -0.05) is 13.8 Å². The summed E-state index contributed by atoms with van der Waals surface area (Å²) in [5.41, 5.74) is 0. The average Bonchev–Trinajstić information content (AvgIpc) is 2.01. The zero-order valence-corrected chi connectivity index (χ0v) is 8.71. The minimum atomic E-state index is 0.513. The second-order valence-electron chi connectivity index (χ2n) is 2.88. The molecular weight excluding hydrogens is 220 g/mol. The van der Waals surface area contributed by atoms with E-state index in [0.717, 1.165) is 4.60 Å². The van der Waals surface area contributed by atoms with E-state index in [9.17, 15) is 0 Å². The standard InChI is InChI=1S/C8H11BrN2O/c1-6(2)4-12-8-3-7(9)10-5-11-8/h3,5-6H,4H2,1-2H3. The van der Waals surface area contributed by atoms with Crippen LogP contribution < -0.4 is 4.74 Å². The molecule has 0 unspecified atom stereocenters. The molecule has 0 aromatic carbocycles. The van der Waals surface area contributed by atoms with Crippen LogP contribution in [0.4, 0.5) is 0 Å². The van der Waals surface area contributed by atoms with Crippen molar-refractivity contribution in [2.24, 2.45) is 5.92 Å². The first-order valence-corrected chi connectivity index (χ1v) is 4.58. The molecule has 0 amide bonds. The molecule has 1 heterocycles. The van der Waals surface area contributed by atoms with Gasteiger partial charge in [-0.15, -0.1) is 0 Å². The van der Waals surface area contributed by atoms with E-state index in [2.05, 4.69) is 39.7 Å². The molecule has 0 aliphatic rings. The third-order valence-electron chi connectivity index (χ3n) is 1.17. The average molecular weight is 231 g/mol. The summed E-state index contributed by atoms with van der Waals surface area (Å²) in [6.07, 6.45) is 1.47. The molecule has 12 heavy (non-hydrogen) atoms. The highest BCUT2D eigenvalue weighted by atomic mass is 79.9. The molecule has 4 heteroatoms. The highest BCUT2D eigenvalue weighted by molar-refractivity contribution is 9.10. The van der Waals surface area contributed by atoms with Crippen molar-refractivity contribution in [2.45, 2.75) is 13.8 Å². The first kappa shape index (κ1) is 9.45. The SMILES string of the molecule is CC(C)COc1cc(Br)ncn1. The van der Waals surface area contributed by atoms with Crippen molar-refractivity contribution in [3.63, 3.8) is 0 Å². The molecule has 0 saturated heterocycles. The van der Waals surface area contributed by atoms with Crippen molar-refractivity contribution in [1.29, 1.82) is 0 Å². The summed E-state index contributed by atoms with van der Waals surface area (Å²) in [4.78, 5) is 7.84. The van der Waals surface area contributed by atoms with Crippen LogP contribution in [-0.4, -0.2) is 16.6 Å². The van der Waals surface area contributed by atoms with Gasteiger partial charge >= 0.3 is 0 Å². The van der Waals surface area contributed by atoms with Gasteiger partial charge in [0.25, 0.3) is 0 Å². The second kappa shape index (κ2) is 4.40. The van der Waals surface area contributed by atoms with Gasteiger partial charge in [-0.2, -0.15) is 0 Å². The fraction of sp³-hybridized carbons (Fsp3) is 0.500. The minimum Gasteiger partial charge on any atom is -0.477 e. The highest BCUT2D eigenvalue weighted by Crippen LogP contribution is 2.12. The van der Waals surface area contributed by atoms with E-state index in [4.69, 9.17) is 4.74 Å². The molecule has 0 radical (unpaired) electrons. The van der Waals surface area contributed by atoms with E-state index in [0.29, 0.717) is 18.4 Å². The zero-order chi connectivity index (χ0) is 8.97. The van der Waals surface area contributed by atoms with E-state index < -0.39 is 0 Å². The van der Waals surface area contributed by atoms with E-state index in [1.807, 2.05) is 0 Å². The Labute approximate surface area is 80.3 Å². The maximum atomic E-state index is 5.37. The number of ether oxygens (including phenoxy) is 1. The van der Waals surface area contributed by atoms with Crippen molar-refractivity contribution in [3.05, 3.63) is 17.0 Å². The number of halogens is 1. The molecule has 3 nitrogen and oxygen atoms in total.